The number of ether oxygens (including phenoxy) is 1. The molecule has 0 spiro atoms. The summed E-state index contributed by atoms with van der Waals surface area (Å²) in [5.41, 5.74) is 1.41. The summed E-state index contributed by atoms with van der Waals surface area (Å²) in [4.78, 5) is 8.90. The van der Waals surface area contributed by atoms with E-state index in [2.05, 4.69) is 16.0 Å². The lowest BCUT2D eigenvalue weighted by Gasteiger charge is -2.11. The molecule has 3 rings (SSSR count). The minimum Gasteiger partial charge on any atom is -0.486 e. The minimum atomic E-state index is -0.152. The molecular weight excluding hydrogens is 312 g/mol. The van der Waals surface area contributed by atoms with Crippen molar-refractivity contribution < 1.29 is 4.74 Å². The normalized spacial score (nSPS) is 12.0. The van der Waals surface area contributed by atoms with Gasteiger partial charge in [-0.05, 0) is 25.1 Å². The number of nitrogens with zero attached hydrogens (tertiary/aromatic N) is 4. The van der Waals surface area contributed by atoms with Gasteiger partial charge in [0.05, 0.1) is 17.0 Å². The number of pyridine rings is 1. The number of imidazole rings is 1. The van der Waals surface area contributed by atoms with Crippen LogP contribution >= 0.6 is 11.6 Å². The summed E-state index contributed by atoms with van der Waals surface area (Å²) >= 11 is 5.99. The molecule has 1 atom stereocenters. The van der Waals surface area contributed by atoms with Gasteiger partial charge in [-0.1, -0.05) is 29.8 Å². The molecule has 116 valence electrons. The molecule has 23 heavy (non-hydrogen) atoms. The van der Waals surface area contributed by atoms with Crippen molar-refractivity contribution in [1.82, 2.24) is 14.5 Å². The van der Waals surface area contributed by atoms with Crippen molar-refractivity contribution in [2.75, 3.05) is 0 Å². The van der Waals surface area contributed by atoms with E-state index < -0.39 is 0 Å². The third-order valence-electron chi connectivity index (χ3n) is 3.42. The second-order valence-electron chi connectivity index (χ2n) is 5.27. The van der Waals surface area contributed by atoms with Gasteiger partial charge in [-0.25, -0.2) is 9.97 Å². The molecule has 0 radical (unpaired) electrons. The average Bonchev–Trinajstić information content (AvgIpc) is 2.90. The second kappa shape index (κ2) is 6.67. The fraction of sp³-hybridized carbons (Fsp3) is 0.235. The highest BCUT2D eigenvalue weighted by Gasteiger charge is 2.15. The van der Waals surface area contributed by atoms with Crippen molar-refractivity contribution in [3.8, 4) is 11.8 Å². The van der Waals surface area contributed by atoms with Crippen LogP contribution in [-0.2, 0) is 13.2 Å². The van der Waals surface area contributed by atoms with Crippen LogP contribution in [0.2, 0.25) is 5.02 Å². The van der Waals surface area contributed by atoms with E-state index in [1.807, 2.05) is 41.8 Å². The molecule has 0 bridgehead atoms. The molecule has 6 heteroatoms. The first-order valence-electron chi connectivity index (χ1n) is 7.25. The maximum absolute atomic E-state index is 9.09. The Kier molecular flexibility index (Phi) is 4.45. The van der Waals surface area contributed by atoms with Crippen LogP contribution in [0.5, 0.6) is 5.75 Å². The van der Waals surface area contributed by atoms with Crippen molar-refractivity contribution in [3.63, 3.8) is 0 Å². The largest absolute Gasteiger partial charge is 0.486 e. The van der Waals surface area contributed by atoms with E-state index in [0.29, 0.717) is 29.3 Å². The lowest BCUT2D eigenvalue weighted by molar-refractivity contribution is 0.288. The van der Waals surface area contributed by atoms with Gasteiger partial charge in [0.2, 0.25) is 0 Å². The van der Waals surface area contributed by atoms with Gasteiger partial charge in [-0.15, -0.1) is 0 Å². The van der Waals surface area contributed by atoms with E-state index in [1.165, 1.54) is 0 Å². The Hall–Kier alpha value is -2.58. The number of para-hydroxylation sites is 1. The molecule has 2 aromatic heterocycles. The summed E-state index contributed by atoms with van der Waals surface area (Å²) in [5.74, 6) is 1.34. The molecular formula is C17H15ClN4O. The Morgan fingerprint density at radius 2 is 2.13 bits per heavy atom. The van der Waals surface area contributed by atoms with Crippen molar-refractivity contribution >= 4 is 22.8 Å². The molecule has 1 unspecified atom stereocenters. The van der Waals surface area contributed by atoms with Crippen molar-refractivity contribution in [2.45, 2.75) is 20.1 Å². The zero-order chi connectivity index (χ0) is 16.2. The number of halogens is 1. The highest BCUT2D eigenvalue weighted by atomic mass is 35.5. The topological polar surface area (TPSA) is 63.7 Å². The molecule has 0 fully saturated rings. The number of rotatable bonds is 5. The predicted molar refractivity (Wildman–Crippen MR) is 88.1 cm³/mol. The maximum atomic E-state index is 9.09. The van der Waals surface area contributed by atoms with Gasteiger partial charge >= 0.3 is 0 Å². The number of benzene rings is 1. The van der Waals surface area contributed by atoms with Gasteiger partial charge in [0.25, 0.3) is 0 Å². The maximum Gasteiger partial charge on any atom is 0.160 e. The minimum absolute atomic E-state index is 0.152. The van der Waals surface area contributed by atoms with Gasteiger partial charge in [0.1, 0.15) is 23.7 Å². The molecule has 2 heterocycles. The fourth-order valence-electron chi connectivity index (χ4n) is 2.31. The van der Waals surface area contributed by atoms with Crippen LogP contribution in [0.15, 0.2) is 42.6 Å². The molecule has 0 amide bonds. The smallest absolute Gasteiger partial charge is 0.160 e. The predicted octanol–water partition coefficient (Wildman–Crippen LogP) is 3.82. The lowest BCUT2D eigenvalue weighted by atomic mass is 10.2. The highest BCUT2D eigenvalue weighted by Crippen LogP contribution is 2.20. The van der Waals surface area contributed by atoms with Gasteiger partial charge < -0.3 is 9.30 Å². The molecule has 0 saturated carbocycles. The third kappa shape index (κ3) is 3.43. The van der Waals surface area contributed by atoms with E-state index in [-0.39, 0.29) is 5.92 Å². The molecule has 1 aromatic carbocycles. The Morgan fingerprint density at radius 1 is 1.35 bits per heavy atom. The molecule has 5 nitrogen and oxygen atoms in total. The van der Waals surface area contributed by atoms with Crippen LogP contribution in [0.1, 0.15) is 12.7 Å². The summed E-state index contributed by atoms with van der Waals surface area (Å²) in [6.45, 7) is 2.68. The first-order chi connectivity index (χ1) is 11.2. The zero-order valence-electron chi connectivity index (χ0n) is 12.6. The monoisotopic (exact) mass is 326 g/mol. The standard InChI is InChI=1S/C17H15ClN4O/c1-12(8-19)10-22-16(11-23-14-5-3-2-4-6-14)21-15-7-13(18)9-20-17(15)22/h2-7,9,12H,10-11H2,1H3. The van der Waals surface area contributed by atoms with Crippen LogP contribution in [0.4, 0.5) is 0 Å². The van der Waals surface area contributed by atoms with Crippen molar-refractivity contribution in [3.05, 3.63) is 53.4 Å². The molecule has 3 aromatic rings. The zero-order valence-corrected chi connectivity index (χ0v) is 13.4. The van der Waals surface area contributed by atoms with E-state index in [4.69, 9.17) is 21.6 Å². The van der Waals surface area contributed by atoms with Crippen LogP contribution in [0.25, 0.3) is 11.2 Å². The molecule has 0 aliphatic carbocycles. The molecule has 0 saturated heterocycles. The third-order valence-corrected chi connectivity index (χ3v) is 3.63. The van der Waals surface area contributed by atoms with Crippen molar-refractivity contribution in [1.29, 1.82) is 5.26 Å². The highest BCUT2D eigenvalue weighted by molar-refractivity contribution is 6.31. The SMILES string of the molecule is CC(C#N)Cn1c(COc2ccccc2)nc2cc(Cl)cnc21. The van der Waals surface area contributed by atoms with E-state index >= 15 is 0 Å². The average molecular weight is 327 g/mol. The molecule has 0 aliphatic heterocycles. The number of fused-ring (bicyclic) bond motifs is 1. The van der Waals surface area contributed by atoms with Gasteiger partial charge in [-0.3, -0.25) is 0 Å². The van der Waals surface area contributed by atoms with E-state index in [0.717, 1.165) is 11.6 Å². The fourth-order valence-corrected chi connectivity index (χ4v) is 2.47. The summed E-state index contributed by atoms with van der Waals surface area (Å²) in [6, 6.07) is 13.5. The molecule has 0 aliphatic rings. The Bertz CT molecular complexity index is 854. The van der Waals surface area contributed by atoms with E-state index in [9.17, 15) is 0 Å². The Morgan fingerprint density at radius 3 is 2.87 bits per heavy atom. The van der Waals surface area contributed by atoms with Crippen LogP contribution < -0.4 is 4.74 Å². The first kappa shape index (κ1) is 15.3. The quantitative estimate of drug-likeness (QED) is 0.715. The Labute approximate surface area is 139 Å². The summed E-state index contributed by atoms with van der Waals surface area (Å²) in [7, 11) is 0. The van der Waals surface area contributed by atoms with Gasteiger partial charge in [0, 0.05) is 12.7 Å². The number of hydrogen-bond acceptors (Lipinski definition) is 4. The van der Waals surface area contributed by atoms with Crippen LogP contribution in [0.3, 0.4) is 0 Å². The summed E-state index contributed by atoms with van der Waals surface area (Å²) < 4.78 is 7.70. The van der Waals surface area contributed by atoms with E-state index in [1.54, 1.807) is 12.3 Å². The van der Waals surface area contributed by atoms with Crippen LogP contribution in [-0.4, -0.2) is 14.5 Å². The number of nitriles is 1. The summed E-state index contributed by atoms with van der Waals surface area (Å²) in [6.07, 6.45) is 1.58. The Balaban J connectivity index is 1.94. The molecule has 0 N–H and O–H groups in total. The lowest BCUT2D eigenvalue weighted by Crippen LogP contribution is -2.12. The van der Waals surface area contributed by atoms with Crippen LogP contribution in [0, 0.1) is 17.2 Å². The summed E-state index contributed by atoms with van der Waals surface area (Å²) in [5, 5.41) is 9.63. The second-order valence-corrected chi connectivity index (χ2v) is 5.70. The van der Waals surface area contributed by atoms with Gasteiger partial charge in [-0.2, -0.15) is 5.26 Å². The van der Waals surface area contributed by atoms with Gasteiger partial charge in [0.15, 0.2) is 5.65 Å². The number of aromatic nitrogens is 3. The van der Waals surface area contributed by atoms with Crippen molar-refractivity contribution in [2.24, 2.45) is 5.92 Å². The number of hydrogen-bond donors (Lipinski definition) is 0. The first-order valence-corrected chi connectivity index (χ1v) is 7.63.